The van der Waals surface area contributed by atoms with Crippen LogP contribution in [-0.4, -0.2) is 32.1 Å². The molecule has 84 valence electrons. The molecule has 0 saturated carbocycles. The SMILES string of the molecule is CCN(C)CCc1ccc(OC)c(Br)c1. The van der Waals surface area contributed by atoms with Crippen LogP contribution in [-0.2, 0) is 6.42 Å². The van der Waals surface area contributed by atoms with Crippen molar-refractivity contribution in [2.45, 2.75) is 13.3 Å². The summed E-state index contributed by atoms with van der Waals surface area (Å²) in [6.07, 6.45) is 1.08. The maximum absolute atomic E-state index is 5.19. The molecule has 0 atom stereocenters. The Morgan fingerprint density at radius 1 is 1.40 bits per heavy atom. The number of likely N-dealkylation sites (N-methyl/N-ethyl adjacent to an activating group) is 1. The molecule has 0 aliphatic carbocycles. The molecule has 1 rings (SSSR count). The Hall–Kier alpha value is -0.540. The lowest BCUT2D eigenvalue weighted by atomic mass is 10.1. The lowest BCUT2D eigenvalue weighted by molar-refractivity contribution is 0.357. The highest BCUT2D eigenvalue weighted by Gasteiger charge is 2.02. The van der Waals surface area contributed by atoms with E-state index in [-0.39, 0.29) is 0 Å². The molecule has 0 amide bonds. The minimum atomic E-state index is 0.891. The van der Waals surface area contributed by atoms with Gasteiger partial charge in [-0.2, -0.15) is 0 Å². The van der Waals surface area contributed by atoms with Crippen molar-refractivity contribution in [3.8, 4) is 5.75 Å². The number of halogens is 1. The summed E-state index contributed by atoms with van der Waals surface area (Å²) in [5, 5.41) is 0. The van der Waals surface area contributed by atoms with Crippen molar-refractivity contribution in [3.05, 3.63) is 28.2 Å². The van der Waals surface area contributed by atoms with Crippen LogP contribution in [0.25, 0.3) is 0 Å². The molecule has 3 heteroatoms. The first kappa shape index (κ1) is 12.5. The Morgan fingerprint density at radius 3 is 2.67 bits per heavy atom. The van der Waals surface area contributed by atoms with Crippen molar-refractivity contribution in [1.82, 2.24) is 4.90 Å². The standard InChI is InChI=1S/C12H18BrNO/c1-4-14(2)8-7-10-5-6-12(15-3)11(13)9-10/h5-6,9H,4,7-8H2,1-3H3. The van der Waals surface area contributed by atoms with Crippen LogP contribution in [0.15, 0.2) is 22.7 Å². The molecule has 0 N–H and O–H groups in total. The van der Waals surface area contributed by atoms with Gasteiger partial charge in [0.1, 0.15) is 5.75 Å². The molecular formula is C12H18BrNO. The summed E-state index contributed by atoms with van der Waals surface area (Å²) in [6.45, 7) is 4.36. The van der Waals surface area contributed by atoms with E-state index in [1.807, 2.05) is 6.07 Å². The summed E-state index contributed by atoms with van der Waals surface area (Å²) in [5.41, 5.74) is 1.34. The van der Waals surface area contributed by atoms with Crippen LogP contribution in [0.2, 0.25) is 0 Å². The number of methoxy groups -OCH3 is 1. The van der Waals surface area contributed by atoms with Crippen LogP contribution in [0.4, 0.5) is 0 Å². The summed E-state index contributed by atoms with van der Waals surface area (Å²) >= 11 is 3.49. The van der Waals surface area contributed by atoms with E-state index in [1.54, 1.807) is 7.11 Å². The third-order valence-corrected chi connectivity index (χ3v) is 3.16. The Labute approximate surface area is 100 Å². The van der Waals surface area contributed by atoms with Crippen LogP contribution < -0.4 is 4.74 Å². The first-order valence-corrected chi connectivity index (χ1v) is 5.97. The molecule has 15 heavy (non-hydrogen) atoms. The highest BCUT2D eigenvalue weighted by molar-refractivity contribution is 9.10. The fraction of sp³-hybridized carbons (Fsp3) is 0.500. The maximum Gasteiger partial charge on any atom is 0.133 e. The molecule has 0 aliphatic heterocycles. The molecule has 0 aliphatic rings. The van der Waals surface area contributed by atoms with Gasteiger partial charge < -0.3 is 9.64 Å². The van der Waals surface area contributed by atoms with Crippen LogP contribution in [0, 0.1) is 0 Å². The van der Waals surface area contributed by atoms with Gasteiger partial charge in [-0.1, -0.05) is 13.0 Å². The number of hydrogen-bond donors (Lipinski definition) is 0. The maximum atomic E-state index is 5.19. The van der Waals surface area contributed by atoms with Crippen molar-refractivity contribution in [1.29, 1.82) is 0 Å². The smallest absolute Gasteiger partial charge is 0.133 e. The quantitative estimate of drug-likeness (QED) is 0.817. The Balaban J connectivity index is 2.59. The first-order valence-electron chi connectivity index (χ1n) is 5.18. The lowest BCUT2D eigenvalue weighted by Gasteiger charge is -2.13. The van der Waals surface area contributed by atoms with E-state index >= 15 is 0 Å². The van der Waals surface area contributed by atoms with E-state index in [4.69, 9.17) is 4.74 Å². The average molecular weight is 272 g/mol. The molecule has 0 bridgehead atoms. The van der Waals surface area contributed by atoms with E-state index in [9.17, 15) is 0 Å². The summed E-state index contributed by atoms with van der Waals surface area (Å²) in [5.74, 6) is 0.891. The molecule has 0 heterocycles. The molecule has 0 fully saturated rings. The van der Waals surface area contributed by atoms with Gasteiger partial charge in [-0.25, -0.2) is 0 Å². The van der Waals surface area contributed by atoms with Crippen LogP contribution >= 0.6 is 15.9 Å². The van der Waals surface area contributed by atoms with E-state index in [1.165, 1.54) is 5.56 Å². The highest BCUT2D eigenvalue weighted by Crippen LogP contribution is 2.25. The zero-order valence-corrected chi connectivity index (χ0v) is 11.2. The number of hydrogen-bond acceptors (Lipinski definition) is 2. The third kappa shape index (κ3) is 3.84. The minimum Gasteiger partial charge on any atom is -0.496 e. The van der Waals surface area contributed by atoms with E-state index in [2.05, 4.69) is 46.9 Å². The summed E-state index contributed by atoms with van der Waals surface area (Å²) in [6, 6.07) is 6.25. The van der Waals surface area contributed by atoms with Crippen molar-refractivity contribution >= 4 is 15.9 Å². The van der Waals surface area contributed by atoms with Gasteiger partial charge in [0.25, 0.3) is 0 Å². The molecule has 1 aromatic carbocycles. The van der Waals surface area contributed by atoms with Gasteiger partial charge in [-0.3, -0.25) is 0 Å². The van der Waals surface area contributed by atoms with E-state index in [0.717, 1.165) is 29.7 Å². The summed E-state index contributed by atoms with van der Waals surface area (Å²) in [4.78, 5) is 2.30. The zero-order valence-electron chi connectivity index (χ0n) is 9.59. The van der Waals surface area contributed by atoms with Gasteiger partial charge in [0.15, 0.2) is 0 Å². The lowest BCUT2D eigenvalue weighted by Crippen LogP contribution is -2.20. The van der Waals surface area contributed by atoms with Crippen LogP contribution in [0.1, 0.15) is 12.5 Å². The first-order chi connectivity index (χ1) is 7.17. The zero-order chi connectivity index (χ0) is 11.3. The normalized spacial score (nSPS) is 10.7. The summed E-state index contributed by atoms with van der Waals surface area (Å²) in [7, 11) is 3.82. The molecule has 0 saturated heterocycles. The number of ether oxygens (including phenoxy) is 1. The minimum absolute atomic E-state index is 0.891. The second kappa shape index (κ2) is 6.13. The van der Waals surface area contributed by atoms with Crippen molar-refractivity contribution in [3.63, 3.8) is 0 Å². The molecule has 0 spiro atoms. The van der Waals surface area contributed by atoms with Gasteiger partial charge in [-0.05, 0) is 53.6 Å². The van der Waals surface area contributed by atoms with Crippen molar-refractivity contribution in [2.24, 2.45) is 0 Å². The fourth-order valence-corrected chi connectivity index (χ4v) is 1.93. The number of nitrogens with zero attached hydrogens (tertiary/aromatic N) is 1. The average Bonchev–Trinajstić information content (AvgIpc) is 2.26. The molecule has 2 nitrogen and oxygen atoms in total. The van der Waals surface area contributed by atoms with Crippen LogP contribution in [0.3, 0.4) is 0 Å². The third-order valence-electron chi connectivity index (χ3n) is 2.54. The van der Waals surface area contributed by atoms with E-state index < -0.39 is 0 Å². The van der Waals surface area contributed by atoms with Gasteiger partial charge in [-0.15, -0.1) is 0 Å². The van der Waals surface area contributed by atoms with Crippen molar-refractivity contribution < 1.29 is 4.74 Å². The topological polar surface area (TPSA) is 12.5 Å². The van der Waals surface area contributed by atoms with Gasteiger partial charge >= 0.3 is 0 Å². The second-order valence-corrected chi connectivity index (χ2v) is 4.47. The molecule has 0 aromatic heterocycles. The monoisotopic (exact) mass is 271 g/mol. The second-order valence-electron chi connectivity index (χ2n) is 3.61. The molecule has 0 unspecified atom stereocenters. The molecule has 1 aromatic rings. The van der Waals surface area contributed by atoms with E-state index in [0.29, 0.717) is 0 Å². The molecule has 0 radical (unpaired) electrons. The van der Waals surface area contributed by atoms with Crippen LogP contribution in [0.5, 0.6) is 5.75 Å². The Bertz CT molecular complexity index is 314. The summed E-state index contributed by atoms with van der Waals surface area (Å²) < 4.78 is 6.22. The predicted octanol–water partition coefficient (Wildman–Crippen LogP) is 2.95. The highest BCUT2D eigenvalue weighted by atomic mass is 79.9. The van der Waals surface area contributed by atoms with Gasteiger partial charge in [0.2, 0.25) is 0 Å². The number of benzene rings is 1. The number of rotatable bonds is 5. The molecular weight excluding hydrogens is 254 g/mol. The Morgan fingerprint density at radius 2 is 2.13 bits per heavy atom. The predicted molar refractivity (Wildman–Crippen MR) is 67.6 cm³/mol. The van der Waals surface area contributed by atoms with Gasteiger partial charge in [0.05, 0.1) is 11.6 Å². The largest absolute Gasteiger partial charge is 0.496 e. The fourth-order valence-electron chi connectivity index (χ4n) is 1.34. The van der Waals surface area contributed by atoms with Gasteiger partial charge in [0, 0.05) is 6.54 Å². The Kier molecular flexibility index (Phi) is 5.12. The van der Waals surface area contributed by atoms with Crippen molar-refractivity contribution in [2.75, 3.05) is 27.2 Å².